The first-order valence-electron chi connectivity index (χ1n) is 5.77. The number of hydrogen-bond acceptors (Lipinski definition) is 5. The summed E-state index contributed by atoms with van der Waals surface area (Å²) in [7, 11) is 0. The van der Waals surface area contributed by atoms with Gasteiger partial charge in [0.2, 0.25) is 0 Å². The van der Waals surface area contributed by atoms with Crippen molar-refractivity contribution in [3.63, 3.8) is 0 Å². The maximum Gasteiger partial charge on any atom is 0.271 e. The first-order chi connectivity index (χ1) is 9.97. The van der Waals surface area contributed by atoms with Gasteiger partial charge in [-0.25, -0.2) is 0 Å². The molecule has 0 saturated heterocycles. The van der Waals surface area contributed by atoms with Crippen LogP contribution >= 0.6 is 0 Å². The van der Waals surface area contributed by atoms with Gasteiger partial charge in [-0.3, -0.25) is 25.0 Å². The van der Waals surface area contributed by atoms with Gasteiger partial charge in [-0.15, -0.1) is 0 Å². The molecular formula is C13H9N3O5. The molecule has 0 radical (unpaired) electrons. The summed E-state index contributed by atoms with van der Waals surface area (Å²) in [6.07, 6.45) is 0. The van der Waals surface area contributed by atoms with E-state index in [9.17, 15) is 25.0 Å². The molecule has 0 unspecified atom stereocenters. The Kier molecular flexibility index (Phi) is 3.89. The van der Waals surface area contributed by atoms with E-state index in [1.54, 1.807) is 0 Å². The van der Waals surface area contributed by atoms with E-state index in [1.807, 2.05) is 0 Å². The highest BCUT2D eigenvalue weighted by atomic mass is 16.6. The van der Waals surface area contributed by atoms with Crippen LogP contribution in [0.25, 0.3) is 0 Å². The summed E-state index contributed by atoms with van der Waals surface area (Å²) in [6.45, 7) is 0. The molecule has 0 bridgehead atoms. The van der Waals surface area contributed by atoms with E-state index in [4.69, 9.17) is 0 Å². The molecule has 0 aliphatic carbocycles. The molecule has 0 aliphatic heterocycles. The predicted octanol–water partition coefficient (Wildman–Crippen LogP) is 2.76. The second kappa shape index (κ2) is 5.78. The van der Waals surface area contributed by atoms with Gasteiger partial charge in [0.25, 0.3) is 17.3 Å². The molecule has 1 N–H and O–H groups in total. The van der Waals surface area contributed by atoms with Crippen molar-refractivity contribution >= 4 is 23.0 Å². The number of nitrogens with zero attached hydrogens (tertiary/aromatic N) is 2. The standard InChI is InChI=1S/C13H9N3O5/c17-13(9-4-6-11(7-5-9)15(18)19)14-10-2-1-3-12(8-10)16(20)21/h1-8H,(H,14,17). The first kappa shape index (κ1) is 14.1. The number of nitrogens with one attached hydrogen (secondary N) is 1. The van der Waals surface area contributed by atoms with Gasteiger partial charge in [-0.2, -0.15) is 0 Å². The van der Waals surface area contributed by atoms with E-state index in [1.165, 1.54) is 48.5 Å². The molecule has 21 heavy (non-hydrogen) atoms. The number of hydrogen-bond donors (Lipinski definition) is 1. The van der Waals surface area contributed by atoms with Crippen molar-refractivity contribution in [3.8, 4) is 0 Å². The third kappa shape index (κ3) is 3.38. The zero-order valence-electron chi connectivity index (χ0n) is 10.6. The van der Waals surface area contributed by atoms with E-state index in [0.29, 0.717) is 0 Å². The molecule has 8 nitrogen and oxygen atoms in total. The molecule has 0 spiro atoms. The molecule has 8 heteroatoms. The molecule has 2 aromatic carbocycles. The van der Waals surface area contributed by atoms with E-state index in [-0.39, 0.29) is 22.6 Å². The lowest BCUT2D eigenvalue weighted by Crippen LogP contribution is -2.11. The van der Waals surface area contributed by atoms with Crippen molar-refractivity contribution in [3.05, 3.63) is 74.3 Å². The Balaban J connectivity index is 2.16. The maximum absolute atomic E-state index is 11.9. The highest BCUT2D eigenvalue weighted by Gasteiger charge is 2.11. The quantitative estimate of drug-likeness (QED) is 0.685. The van der Waals surface area contributed by atoms with Crippen LogP contribution in [0, 0.1) is 20.2 Å². The van der Waals surface area contributed by atoms with Crippen LogP contribution in [0.2, 0.25) is 0 Å². The van der Waals surface area contributed by atoms with Gasteiger partial charge in [-0.1, -0.05) is 6.07 Å². The van der Waals surface area contributed by atoms with Crippen LogP contribution in [0.15, 0.2) is 48.5 Å². The molecule has 0 aliphatic rings. The van der Waals surface area contributed by atoms with Crippen LogP contribution in [0.1, 0.15) is 10.4 Å². The second-order valence-corrected chi connectivity index (χ2v) is 4.07. The molecule has 0 atom stereocenters. The number of non-ortho nitro benzene ring substituents is 2. The van der Waals surface area contributed by atoms with Crippen LogP contribution < -0.4 is 5.32 Å². The van der Waals surface area contributed by atoms with E-state index < -0.39 is 15.8 Å². The third-order valence-electron chi connectivity index (χ3n) is 2.66. The highest BCUT2D eigenvalue weighted by molar-refractivity contribution is 6.04. The summed E-state index contributed by atoms with van der Waals surface area (Å²) in [4.78, 5) is 31.9. The Morgan fingerprint density at radius 2 is 1.52 bits per heavy atom. The average Bonchev–Trinajstić information content (AvgIpc) is 2.47. The van der Waals surface area contributed by atoms with Gasteiger partial charge in [-0.05, 0) is 18.2 Å². The molecule has 0 saturated carbocycles. The Hall–Kier alpha value is -3.29. The largest absolute Gasteiger partial charge is 0.322 e. The number of nitro benzene ring substituents is 2. The van der Waals surface area contributed by atoms with Crippen LogP contribution in [-0.2, 0) is 0 Å². The summed E-state index contributed by atoms with van der Waals surface area (Å²) in [6, 6.07) is 10.5. The van der Waals surface area contributed by atoms with Gasteiger partial charge in [0.05, 0.1) is 9.85 Å². The average molecular weight is 287 g/mol. The number of amides is 1. The van der Waals surface area contributed by atoms with Crippen molar-refractivity contribution in [1.29, 1.82) is 0 Å². The molecule has 0 heterocycles. The Labute approximate surface area is 118 Å². The van der Waals surface area contributed by atoms with Crippen molar-refractivity contribution in [2.75, 3.05) is 5.32 Å². The Morgan fingerprint density at radius 1 is 0.905 bits per heavy atom. The van der Waals surface area contributed by atoms with Crippen LogP contribution in [0.5, 0.6) is 0 Å². The molecule has 106 valence electrons. The number of anilines is 1. The van der Waals surface area contributed by atoms with Crippen molar-refractivity contribution < 1.29 is 14.6 Å². The SMILES string of the molecule is O=C(Nc1cccc([N+](=O)[O-])c1)c1ccc([N+](=O)[O-])cc1. The van der Waals surface area contributed by atoms with Gasteiger partial charge in [0.15, 0.2) is 0 Å². The first-order valence-corrected chi connectivity index (χ1v) is 5.77. The van der Waals surface area contributed by atoms with Gasteiger partial charge in [0, 0.05) is 35.5 Å². The molecule has 1 amide bonds. The fourth-order valence-electron chi connectivity index (χ4n) is 1.64. The lowest BCUT2D eigenvalue weighted by atomic mass is 10.2. The molecule has 0 aromatic heterocycles. The lowest BCUT2D eigenvalue weighted by Gasteiger charge is -2.04. The van der Waals surface area contributed by atoms with Crippen LogP contribution in [0.3, 0.4) is 0 Å². The minimum Gasteiger partial charge on any atom is -0.322 e. The number of carbonyl (C=O) groups is 1. The number of carbonyl (C=O) groups excluding carboxylic acids is 1. The Morgan fingerprint density at radius 3 is 2.10 bits per heavy atom. The predicted molar refractivity (Wildman–Crippen MR) is 74.1 cm³/mol. The molecule has 0 fully saturated rings. The molecular weight excluding hydrogens is 278 g/mol. The van der Waals surface area contributed by atoms with Gasteiger partial charge < -0.3 is 5.32 Å². The van der Waals surface area contributed by atoms with Crippen molar-refractivity contribution in [1.82, 2.24) is 0 Å². The number of nitro groups is 2. The zero-order valence-corrected chi connectivity index (χ0v) is 10.6. The van der Waals surface area contributed by atoms with Crippen LogP contribution in [-0.4, -0.2) is 15.8 Å². The summed E-state index contributed by atoms with van der Waals surface area (Å²) < 4.78 is 0. The third-order valence-corrected chi connectivity index (χ3v) is 2.66. The van der Waals surface area contributed by atoms with Crippen molar-refractivity contribution in [2.24, 2.45) is 0 Å². The van der Waals surface area contributed by atoms with Crippen molar-refractivity contribution in [2.45, 2.75) is 0 Å². The smallest absolute Gasteiger partial charge is 0.271 e. The minimum absolute atomic E-state index is 0.123. The van der Waals surface area contributed by atoms with Gasteiger partial charge in [0.1, 0.15) is 0 Å². The Bertz CT molecular complexity index is 712. The monoisotopic (exact) mass is 287 g/mol. The van der Waals surface area contributed by atoms with E-state index in [2.05, 4.69) is 5.32 Å². The summed E-state index contributed by atoms with van der Waals surface area (Å²) in [5, 5.41) is 23.6. The fourth-order valence-corrected chi connectivity index (χ4v) is 1.64. The number of rotatable bonds is 4. The lowest BCUT2D eigenvalue weighted by molar-refractivity contribution is -0.385. The van der Waals surface area contributed by atoms with E-state index >= 15 is 0 Å². The van der Waals surface area contributed by atoms with Gasteiger partial charge >= 0.3 is 0 Å². The summed E-state index contributed by atoms with van der Waals surface area (Å²) >= 11 is 0. The van der Waals surface area contributed by atoms with E-state index in [0.717, 1.165) is 0 Å². The highest BCUT2D eigenvalue weighted by Crippen LogP contribution is 2.18. The maximum atomic E-state index is 11.9. The minimum atomic E-state index is -0.568. The topological polar surface area (TPSA) is 115 Å². The fraction of sp³-hybridized carbons (Fsp3) is 0. The summed E-state index contributed by atoms with van der Waals surface area (Å²) in [5.74, 6) is -0.509. The molecule has 2 aromatic rings. The molecule has 2 rings (SSSR count). The normalized spacial score (nSPS) is 9.90. The summed E-state index contributed by atoms with van der Waals surface area (Å²) in [5.41, 5.74) is 0.220. The number of benzene rings is 2. The second-order valence-electron chi connectivity index (χ2n) is 4.07. The van der Waals surface area contributed by atoms with Crippen LogP contribution in [0.4, 0.5) is 17.1 Å². The zero-order chi connectivity index (χ0) is 15.4.